The molecule has 0 aliphatic rings. The van der Waals surface area contributed by atoms with Gasteiger partial charge in [-0.2, -0.15) is 4.98 Å². The summed E-state index contributed by atoms with van der Waals surface area (Å²) < 4.78 is 1.72. The molecule has 0 saturated carbocycles. The zero-order valence-corrected chi connectivity index (χ0v) is 15.3. The van der Waals surface area contributed by atoms with E-state index in [4.69, 9.17) is 0 Å². The number of benzene rings is 1. The second kappa shape index (κ2) is 6.63. The molecule has 3 rings (SSSR count). The summed E-state index contributed by atoms with van der Waals surface area (Å²) in [5.41, 5.74) is 3.88. The number of fused-ring (bicyclic) bond motifs is 1. The third-order valence-corrected chi connectivity index (χ3v) is 4.07. The van der Waals surface area contributed by atoms with Crippen LogP contribution in [0.25, 0.3) is 5.78 Å². The Hall–Kier alpha value is -2.76. The van der Waals surface area contributed by atoms with Crippen molar-refractivity contribution < 1.29 is 4.79 Å². The fraction of sp³-hybridized carbons (Fsp3) is 0.368. The average molecular weight is 337 g/mol. The van der Waals surface area contributed by atoms with Crippen LogP contribution < -0.4 is 4.90 Å². The molecule has 0 bridgehead atoms. The summed E-state index contributed by atoms with van der Waals surface area (Å²) in [5.74, 6) is 1.08. The Morgan fingerprint density at radius 2 is 1.80 bits per heavy atom. The summed E-state index contributed by atoms with van der Waals surface area (Å²) in [5, 5.41) is 4.53. The van der Waals surface area contributed by atoms with Crippen LogP contribution in [0.5, 0.6) is 0 Å². The third-order valence-electron chi connectivity index (χ3n) is 4.07. The second-order valence-electron chi connectivity index (χ2n) is 6.69. The monoisotopic (exact) mass is 337 g/mol. The second-order valence-corrected chi connectivity index (χ2v) is 6.69. The molecule has 0 aliphatic carbocycles. The maximum Gasteiger partial charge on any atom is 0.252 e. The van der Waals surface area contributed by atoms with Crippen LogP contribution in [0, 0.1) is 26.7 Å². The van der Waals surface area contributed by atoms with Crippen LogP contribution in [0.4, 0.5) is 5.69 Å². The molecule has 0 radical (unpaired) electrons. The van der Waals surface area contributed by atoms with Crippen molar-refractivity contribution in [1.82, 2.24) is 19.6 Å². The number of rotatable bonds is 4. The minimum atomic E-state index is -0.111. The van der Waals surface area contributed by atoms with Gasteiger partial charge in [-0.15, -0.1) is 5.10 Å². The molecule has 0 N–H and O–H groups in total. The van der Waals surface area contributed by atoms with Crippen molar-refractivity contribution in [2.45, 2.75) is 41.2 Å². The van der Waals surface area contributed by atoms with Crippen LogP contribution in [0.15, 0.2) is 30.3 Å². The molecule has 2 aromatic heterocycles. The number of amides is 1. The maximum atomic E-state index is 12.7. The zero-order valence-electron chi connectivity index (χ0n) is 15.3. The van der Waals surface area contributed by atoms with Crippen LogP contribution in [-0.4, -0.2) is 25.5 Å². The van der Waals surface area contributed by atoms with E-state index in [1.165, 1.54) is 0 Å². The van der Waals surface area contributed by atoms with E-state index >= 15 is 0 Å². The molecule has 0 spiro atoms. The first-order valence-corrected chi connectivity index (χ1v) is 8.43. The number of aromatic nitrogens is 4. The molecule has 6 nitrogen and oxygen atoms in total. The summed E-state index contributed by atoms with van der Waals surface area (Å²) in [4.78, 5) is 23.4. The van der Waals surface area contributed by atoms with E-state index in [2.05, 4.69) is 15.1 Å². The molecular weight excluding hydrogens is 314 g/mol. The van der Waals surface area contributed by atoms with Gasteiger partial charge in [0.05, 0.1) is 6.54 Å². The minimum Gasteiger partial charge on any atom is -0.304 e. The van der Waals surface area contributed by atoms with Gasteiger partial charge in [0.1, 0.15) is 0 Å². The van der Waals surface area contributed by atoms with Gasteiger partial charge in [0, 0.05) is 23.0 Å². The Morgan fingerprint density at radius 3 is 2.44 bits per heavy atom. The molecule has 1 aromatic carbocycles. The van der Waals surface area contributed by atoms with Gasteiger partial charge in [-0.05, 0) is 39.0 Å². The molecule has 0 aliphatic heterocycles. The SMILES string of the molecule is Cc1ccc(N(Cc2nc3nc(C)cc(C)n3n2)C(=O)C(C)C)cc1. The maximum absolute atomic E-state index is 12.7. The Bertz CT molecular complexity index is 911. The normalized spacial score (nSPS) is 11.3. The van der Waals surface area contributed by atoms with Crippen LogP contribution in [-0.2, 0) is 11.3 Å². The Labute approximate surface area is 147 Å². The molecule has 6 heteroatoms. The molecule has 0 atom stereocenters. The Morgan fingerprint density at radius 1 is 1.12 bits per heavy atom. The lowest BCUT2D eigenvalue weighted by molar-refractivity contribution is -0.121. The van der Waals surface area contributed by atoms with Gasteiger partial charge in [-0.25, -0.2) is 9.50 Å². The van der Waals surface area contributed by atoms with Crippen LogP contribution in [0.1, 0.15) is 36.6 Å². The molecule has 25 heavy (non-hydrogen) atoms. The molecule has 0 fully saturated rings. The first kappa shape index (κ1) is 17.1. The largest absolute Gasteiger partial charge is 0.304 e. The van der Waals surface area contributed by atoms with Crippen molar-refractivity contribution in [2.75, 3.05) is 4.90 Å². The lowest BCUT2D eigenvalue weighted by Gasteiger charge is -2.23. The number of carbonyl (C=O) groups excluding carboxylic acids is 1. The number of hydrogen-bond acceptors (Lipinski definition) is 4. The third kappa shape index (κ3) is 3.52. The predicted molar refractivity (Wildman–Crippen MR) is 97.5 cm³/mol. The van der Waals surface area contributed by atoms with E-state index in [-0.39, 0.29) is 11.8 Å². The summed E-state index contributed by atoms with van der Waals surface area (Å²) in [7, 11) is 0. The summed E-state index contributed by atoms with van der Waals surface area (Å²) in [6.07, 6.45) is 0. The summed E-state index contributed by atoms with van der Waals surface area (Å²) in [6.45, 7) is 10.0. The van der Waals surface area contributed by atoms with Gasteiger partial charge in [0.25, 0.3) is 5.78 Å². The van der Waals surface area contributed by atoms with Gasteiger partial charge in [-0.3, -0.25) is 4.79 Å². The van der Waals surface area contributed by atoms with Crippen molar-refractivity contribution in [1.29, 1.82) is 0 Å². The smallest absolute Gasteiger partial charge is 0.252 e. The van der Waals surface area contributed by atoms with E-state index in [0.29, 0.717) is 18.1 Å². The minimum absolute atomic E-state index is 0.0450. The number of aryl methyl sites for hydroxylation is 3. The Kier molecular flexibility index (Phi) is 4.53. The average Bonchev–Trinajstić information content (AvgIpc) is 2.95. The molecule has 130 valence electrons. The lowest BCUT2D eigenvalue weighted by atomic mass is 10.1. The Balaban J connectivity index is 1.99. The van der Waals surface area contributed by atoms with E-state index in [9.17, 15) is 4.79 Å². The molecule has 2 heterocycles. The van der Waals surface area contributed by atoms with Crippen molar-refractivity contribution in [2.24, 2.45) is 5.92 Å². The van der Waals surface area contributed by atoms with Gasteiger partial charge in [0.15, 0.2) is 5.82 Å². The number of hydrogen-bond donors (Lipinski definition) is 0. The fourth-order valence-corrected chi connectivity index (χ4v) is 2.75. The zero-order chi connectivity index (χ0) is 18.1. The van der Waals surface area contributed by atoms with Gasteiger partial charge in [-0.1, -0.05) is 31.5 Å². The van der Waals surface area contributed by atoms with Crippen molar-refractivity contribution in [3.8, 4) is 0 Å². The van der Waals surface area contributed by atoms with Gasteiger partial charge < -0.3 is 4.90 Å². The highest BCUT2D eigenvalue weighted by Crippen LogP contribution is 2.20. The first-order chi connectivity index (χ1) is 11.8. The molecule has 3 aromatic rings. The quantitative estimate of drug-likeness (QED) is 0.733. The highest BCUT2D eigenvalue weighted by Gasteiger charge is 2.21. The highest BCUT2D eigenvalue weighted by molar-refractivity contribution is 5.94. The van der Waals surface area contributed by atoms with Crippen molar-refractivity contribution >= 4 is 17.4 Å². The topological polar surface area (TPSA) is 63.4 Å². The van der Waals surface area contributed by atoms with Crippen LogP contribution in [0.2, 0.25) is 0 Å². The van der Waals surface area contributed by atoms with Crippen LogP contribution in [0.3, 0.4) is 0 Å². The molecule has 0 saturated heterocycles. The van der Waals surface area contributed by atoms with E-state index in [1.54, 1.807) is 9.42 Å². The van der Waals surface area contributed by atoms with Crippen LogP contribution >= 0.6 is 0 Å². The summed E-state index contributed by atoms with van der Waals surface area (Å²) >= 11 is 0. The van der Waals surface area contributed by atoms with Crippen molar-refractivity contribution in [3.63, 3.8) is 0 Å². The van der Waals surface area contributed by atoms with Gasteiger partial charge >= 0.3 is 0 Å². The standard InChI is InChI=1S/C19H23N5O/c1-12(2)18(25)23(16-8-6-13(3)7-9-16)11-17-21-19-20-14(4)10-15(5)24(19)22-17/h6-10,12H,11H2,1-5H3. The highest BCUT2D eigenvalue weighted by atomic mass is 16.2. The van der Waals surface area contributed by atoms with Gasteiger partial charge in [0.2, 0.25) is 5.91 Å². The van der Waals surface area contributed by atoms with E-state index < -0.39 is 0 Å². The fourth-order valence-electron chi connectivity index (χ4n) is 2.75. The van der Waals surface area contributed by atoms with E-state index in [0.717, 1.165) is 22.6 Å². The predicted octanol–water partition coefficient (Wildman–Crippen LogP) is 3.24. The molecule has 0 unspecified atom stereocenters. The molecule has 1 amide bonds. The number of nitrogens with zero attached hydrogens (tertiary/aromatic N) is 5. The summed E-state index contributed by atoms with van der Waals surface area (Å²) in [6, 6.07) is 9.88. The van der Waals surface area contributed by atoms with E-state index in [1.807, 2.05) is 65.0 Å². The molecular formula is C19H23N5O. The lowest BCUT2D eigenvalue weighted by Crippen LogP contribution is -2.34. The number of carbonyl (C=O) groups is 1. The first-order valence-electron chi connectivity index (χ1n) is 8.43. The van der Waals surface area contributed by atoms with Crippen molar-refractivity contribution in [3.05, 3.63) is 53.1 Å². The number of anilines is 1.